The number of anilines is 1. The van der Waals surface area contributed by atoms with Gasteiger partial charge in [0.25, 0.3) is 0 Å². The Morgan fingerprint density at radius 1 is 1.30 bits per heavy atom. The number of sulfonamides is 1. The molecular formula is C15H16N2O4S2. The van der Waals surface area contributed by atoms with Crippen LogP contribution in [0.4, 0.5) is 5.69 Å². The molecule has 1 aromatic heterocycles. The monoisotopic (exact) mass is 352 g/mol. The third kappa shape index (κ3) is 3.77. The van der Waals surface area contributed by atoms with Gasteiger partial charge in [0.1, 0.15) is 11.5 Å². The van der Waals surface area contributed by atoms with E-state index in [1.165, 1.54) is 17.8 Å². The van der Waals surface area contributed by atoms with Crippen molar-refractivity contribution in [3.63, 3.8) is 0 Å². The quantitative estimate of drug-likeness (QED) is 0.883. The molecule has 1 aromatic carbocycles. The highest BCUT2D eigenvalue weighted by atomic mass is 32.2. The summed E-state index contributed by atoms with van der Waals surface area (Å²) in [4.78, 5) is 12.6. The van der Waals surface area contributed by atoms with Gasteiger partial charge in [-0.05, 0) is 37.3 Å². The minimum atomic E-state index is -3.68. The maximum absolute atomic E-state index is 12.4. The molecule has 23 heavy (non-hydrogen) atoms. The van der Waals surface area contributed by atoms with Gasteiger partial charge in [0, 0.05) is 17.1 Å². The van der Waals surface area contributed by atoms with Crippen molar-refractivity contribution in [1.82, 2.24) is 4.72 Å². The first kappa shape index (κ1) is 16.1. The number of aryl methyl sites for hydroxylation is 1. The van der Waals surface area contributed by atoms with E-state index in [0.29, 0.717) is 23.6 Å². The molecular weight excluding hydrogens is 336 g/mol. The predicted molar refractivity (Wildman–Crippen MR) is 87.9 cm³/mol. The fourth-order valence-electron chi connectivity index (χ4n) is 2.20. The fourth-order valence-corrected chi connectivity index (χ4v) is 4.15. The van der Waals surface area contributed by atoms with Gasteiger partial charge in [-0.15, -0.1) is 11.8 Å². The minimum Gasteiger partial charge on any atom is -0.465 e. The van der Waals surface area contributed by atoms with Crippen LogP contribution in [0.3, 0.4) is 0 Å². The Morgan fingerprint density at radius 2 is 2.13 bits per heavy atom. The first-order chi connectivity index (χ1) is 10.9. The number of fused-ring (bicyclic) bond motifs is 1. The molecule has 0 radical (unpaired) electrons. The normalized spacial score (nSPS) is 14.9. The molecule has 1 amide bonds. The zero-order valence-corrected chi connectivity index (χ0v) is 14.1. The Kier molecular flexibility index (Phi) is 4.47. The molecule has 1 aliphatic rings. The Labute approximate surface area is 138 Å². The van der Waals surface area contributed by atoms with E-state index in [9.17, 15) is 13.2 Å². The van der Waals surface area contributed by atoms with Gasteiger partial charge < -0.3 is 9.73 Å². The topological polar surface area (TPSA) is 88.4 Å². The van der Waals surface area contributed by atoms with Crippen LogP contribution < -0.4 is 10.0 Å². The lowest BCUT2D eigenvalue weighted by molar-refractivity contribution is -0.115. The van der Waals surface area contributed by atoms with Crippen LogP contribution in [0.25, 0.3) is 0 Å². The van der Waals surface area contributed by atoms with Crippen molar-refractivity contribution < 1.29 is 17.6 Å². The predicted octanol–water partition coefficient (Wildman–Crippen LogP) is 2.50. The van der Waals surface area contributed by atoms with E-state index >= 15 is 0 Å². The van der Waals surface area contributed by atoms with E-state index < -0.39 is 10.0 Å². The molecule has 0 atom stereocenters. The highest BCUT2D eigenvalue weighted by Gasteiger charge is 2.19. The SMILES string of the molecule is Cc1ccc(CNS(=O)(=O)c2ccc3c(c2)NC(=O)CCS3)o1. The van der Waals surface area contributed by atoms with Crippen LogP contribution in [0.15, 0.2) is 44.5 Å². The number of carbonyl (C=O) groups is 1. The second-order valence-electron chi connectivity index (χ2n) is 5.14. The number of rotatable bonds is 4. The van der Waals surface area contributed by atoms with Gasteiger partial charge in [0.15, 0.2) is 0 Å². The number of carbonyl (C=O) groups excluding carboxylic acids is 1. The number of hydrogen-bond donors (Lipinski definition) is 2. The van der Waals surface area contributed by atoms with Crippen molar-refractivity contribution in [2.45, 2.75) is 29.7 Å². The molecule has 0 spiro atoms. The van der Waals surface area contributed by atoms with E-state index in [-0.39, 0.29) is 17.3 Å². The average molecular weight is 352 g/mol. The van der Waals surface area contributed by atoms with Crippen molar-refractivity contribution in [3.8, 4) is 0 Å². The molecule has 3 rings (SSSR count). The molecule has 0 unspecified atom stereocenters. The van der Waals surface area contributed by atoms with Crippen LogP contribution in [-0.4, -0.2) is 20.1 Å². The van der Waals surface area contributed by atoms with Gasteiger partial charge in [0.05, 0.1) is 17.1 Å². The Morgan fingerprint density at radius 3 is 2.87 bits per heavy atom. The van der Waals surface area contributed by atoms with E-state index in [2.05, 4.69) is 10.0 Å². The van der Waals surface area contributed by atoms with Gasteiger partial charge in [-0.2, -0.15) is 0 Å². The summed E-state index contributed by atoms with van der Waals surface area (Å²) in [6.45, 7) is 1.87. The van der Waals surface area contributed by atoms with Gasteiger partial charge >= 0.3 is 0 Å². The molecule has 6 nitrogen and oxygen atoms in total. The van der Waals surface area contributed by atoms with Crippen LogP contribution in [0.1, 0.15) is 17.9 Å². The largest absolute Gasteiger partial charge is 0.465 e. The Hall–Kier alpha value is -1.77. The lowest BCUT2D eigenvalue weighted by Gasteiger charge is -2.10. The number of nitrogens with one attached hydrogen (secondary N) is 2. The zero-order valence-electron chi connectivity index (χ0n) is 12.5. The first-order valence-corrected chi connectivity index (χ1v) is 9.52. The number of amides is 1. The van der Waals surface area contributed by atoms with E-state index in [0.717, 1.165) is 10.7 Å². The van der Waals surface area contributed by atoms with Crippen molar-refractivity contribution in [1.29, 1.82) is 0 Å². The van der Waals surface area contributed by atoms with Crippen LogP contribution in [0, 0.1) is 6.92 Å². The Bertz CT molecular complexity index is 843. The van der Waals surface area contributed by atoms with E-state index in [4.69, 9.17) is 4.42 Å². The fraction of sp³-hybridized carbons (Fsp3) is 0.267. The van der Waals surface area contributed by atoms with Crippen LogP contribution in [0.5, 0.6) is 0 Å². The lowest BCUT2D eigenvalue weighted by atomic mass is 10.3. The van der Waals surface area contributed by atoms with Gasteiger partial charge in [0.2, 0.25) is 15.9 Å². The minimum absolute atomic E-state index is 0.0777. The highest BCUT2D eigenvalue weighted by molar-refractivity contribution is 7.99. The summed E-state index contributed by atoms with van der Waals surface area (Å²) in [5, 5.41) is 2.74. The molecule has 2 heterocycles. The maximum atomic E-state index is 12.4. The molecule has 0 saturated carbocycles. The molecule has 2 N–H and O–H groups in total. The van der Waals surface area contributed by atoms with Crippen molar-refractivity contribution in [3.05, 3.63) is 41.9 Å². The summed E-state index contributed by atoms with van der Waals surface area (Å²) in [7, 11) is -3.68. The number of furan rings is 1. The molecule has 8 heteroatoms. The molecule has 1 aliphatic heterocycles. The summed E-state index contributed by atoms with van der Waals surface area (Å²) in [6.07, 6.45) is 0.414. The summed E-state index contributed by atoms with van der Waals surface area (Å²) < 4.78 is 32.6. The second kappa shape index (κ2) is 6.38. The number of thioether (sulfide) groups is 1. The highest BCUT2D eigenvalue weighted by Crippen LogP contribution is 2.32. The second-order valence-corrected chi connectivity index (χ2v) is 8.05. The summed E-state index contributed by atoms with van der Waals surface area (Å²) >= 11 is 1.53. The first-order valence-electron chi connectivity index (χ1n) is 7.06. The average Bonchev–Trinajstić information content (AvgIpc) is 2.82. The van der Waals surface area contributed by atoms with Crippen molar-refractivity contribution in [2.75, 3.05) is 11.1 Å². The maximum Gasteiger partial charge on any atom is 0.241 e. The van der Waals surface area contributed by atoms with Crippen LogP contribution >= 0.6 is 11.8 Å². The Balaban J connectivity index is 1.81. The standard InChI is InChI=1S/C15H16N2O4S2/c1-10-2-3-11(21-10)9-16-23(19,20)12-4-5-14-13(8-12)17-15(18)6-7-22-14/h2-5,8,16H,6-7,9H2,1H3,(H,17,18). The van der Waals surface area contributed by atoms with Crippen molar-refractivity contribution in [2.24, 2.45) is 0 Å². The summed E-state index contributed by atoms with van der Waals surface area (Å²) in [5.41, 5.74) is 0.536. The van der Waals surface area contributed by atoms with E-state index in [1.54, 1.807) is 31.2 Å². The molecule has 0 aliphatic carbocycles. The molecule has 2 aromatic rings. The molecule has 0 bridgehead atoms. The van der Waals surface area contributed by atoms with Gasteiger partial charge in [-0.25, -0.2) is 13.1 Å². The van der Waals surface area contributed by atoms with Gasteiger partial charge in [-0.1, -0.05) is 0 Å². The van der Waals surface area contributed by atoms with Crippen LogP contribution in [-0.2, 0) is 21.4 Å². The molecule has 122 valence electrons. The van der Waals surface area contributed by atoms with E-state index in [1.807, 2.05) is 0 Å². The summed E-state index contributed by atoms with van der Waals surface area (Å²) in [5.74, 6) is 1.85. The number of benzene rings is 1. The molecule has 0 fully saturated rings. The summed E-state index contributed by atoms with van der Waals surface area (Å²) in [6, 6.07) is 8.25. The molecule has 0 saturated heterocycles. The van der Waals surface area contributed by atoms with Crippen LogP contribution in [0.2, 0.25) is 0 Å². The smallest absolute Gasteiger partial charge is 0.241 e. The zero-order chi connectivity index (χ0) is 16.4. The van der Waals surface area contributed by atoms with Crippen molar-refractivity contribution >= 4 is 33.4 Å². The lowest BCUT2D eigenvalue weighted by Crippen LogP contribution is -2.23. The van der Waals surface area contributed by atoms with Gasteiger partial charge in [-0.3, -0.25) is 4.79 Å². The third-order valence-corrected chi connectivity index (χ3v) is 5.83. The third-order valence-electron chi connectivity index (χ3n) is 3.35. The number of hydrogen-bond acceptors (Lipinski definition) is 5.